The lowest BCUT2D eigenvalue weighted by Crippen LogP contribution is -2.18. The Bertz CT molecular complexity index is 615. The molecule has 0 bridgehead atoms. The molecule has 0 aliphatic heterocycles. The van der Waals surface area contributed by atoms with E-state index in [9.17, 15) is 4.39 Å². The van der Waals surface area contributed by atoms with Crippen LogP contribution < -0.4 is 10.1 Å². The van der Waals surface area contributed by atoms with Crippen molar-refractivity contribution in [2.24, 2.45) is 0 Å². The van der Waals surface area contributed by atoms with E-state index in [1.54, 1.807) is 13.2 Å². The fourth-order valence-corrected chi connectivity index (χ4v) is 2.39. The van der Waals surface area contributed by atoms with Crippen LogP contribution in [0.2, 0.25) is 5.02 Å². The van der Waals surface area contributed by atoms with Gasteiger partial charge < -0.3 is 10.1 Å². The van der Waals surface area contributed by atoms with Crippen molar-refractivity contribution < 1.29 is 9.13 Å². The number of halogens is 2. The van der Waals surface area contributed by atoms with Crippen LogP contribution in [0.4, 0.5) is 4.39 Å². The second-order valence-corrected chi connectivity index (χ2v) is 5.05. The first-order valence-corrected chi connectivity index (χ1v) is 6.71. The molecule has 4 heteroatoms. The summed E-state index contributed by atoms with van der Waals surface area (Å²) < 4.78 is 19.1. The monoisotopic (exact) mass is 293 g/mol. The average Bonchev–Trinajstić information content (AvgIpc) is 2.44. The molecule has 106 valence electrons. The number of hydrogen-bond donors (Lipinski definition) is 1. The van der Waals surface area contributed by atoms with Crippen molar-refractivity contribution in [1.29, 1.82) is 0 Å². The van der Waals surface area contributed by atoms with Gasteiger partial charge >= 0.3 is 0 Å². The van der Waals surface area contributed by atoms with Crippen molar-refractivity contribution in [2.45, 2.75) is 13.0 Å². The number of hydrogen-bond acceptors (Lipinski definition) is 2. The van der Waals surface area contributed by atoms with Crippen LogP contribution in [0, 0.1) is 12.7 Å². The number of nitrogens with one attached hydrogen (secondary N) is 1. The normalized spacial score (nSPS) is 12.2. The Kier molecular flexibility index (Phi) is 4.63. The summed E-state index contributed by atoms with van der Waals surface area (Å²) in [5.41, 5.74) is 2.89. The SMILES string of the molecule is CNC(c1ccc(Cl)c(F)c1)c1cc(C)ccc1OC. The molecule has 0 aromatic heterocycles. The third kappa shape index (κ3) is 2.94. The smallest absolute Gasteiger partial charge is 0.142 e. The molecule has 0 heterocycles. The highest BCUT2D eigenvalue weighted by atomic mass is 35.5. The van der Waals surface area contributed by atoms with Crippen molar-refractivity contribution in [3.05, 3.63) is 63.9 Å². The van der Waals surface area contributed by atoms with Gasteiger partial charge in [-0.15, -0.1) is 0 Å². The second kappa shape index (κ2) is 6.25. The Balaban J connectivity index is 2.51. The molecule has 0 aliphatic rings. The molecule has 2 rings (SSSR count). The van der Waals surface area contributed by atoms with Crippen LogP contribution in [0.15, 0.2) is 36.4 Å². The average molecular weight is 294 g/mol. The summed E-state index contributed by atoms with van der Waals surface area (Å²) in [4.78, 5) is 0. The first kappa shape index (κ1) is 14.8. The maximum Gasteiger partial charge on any atom is 0.142 e. The number of benzene rings is 2. The Hall–Kier alpha value is -1.58. The summed E-state index contributed by atoms with van der Waals surface area (Å²) >= 11 is 5.74. The molecule has 0 saturated carbocycles. The van der Waals surface area contributed by atoms with E-state index in [4.69, 9.17) is 16.3 Å². The van der Waals surface area contributed by atoms with E-state index in [1.165, 1.54) is 6.07 Å². The van der Waals surface area contributed by atoms with Gasteiger partial charge in [-0.05, 0) is 37.7 Å². The molecule has 1 N–H and O–H groups in total. The van der Waals surface area contributed by atoms with Crippen molar-refractivity contribution in [2.75, 3.05) is 14.2 Å². The van der Waals surface area contributed by atoms with Gasteiger partial charge in [0.15, 0.2) is 0 Å². The molecule has 1 unspecified atom stereocenters. The van der Waals surface area contributed by atoms with E-state index >= 15 is 0 Å². The summed E-state index contributed by atoms with van der Waals surface area (Å²) in [5, 5.41) is 3.32. The van der Waals surface area contributed by atoms with Gasteiger partial charge in [-0.2, -0.15) is 0 Å². The van der Waals surface area contributed by atoms with Crippen LogP contribution in [-0.4, -0.2) is 14.2 Å². The molecule has 0 radical (unpaired) electrons. The predicted octanol–water partition coefficient (Wildman–Crippen LogP) is 4.10. The Labute approximate surface area is 123 Å². The van der Waals surface area contributed by atoms with Gasteiger partial charge in [-0.25, -0.2) is 4.39 Å². The zero-order valence-corrected chi connectivity index (χ0v) is 12.5. The Morgan fingerprint density at radius 1 is 1.20 bits per heavy atom. The van der Waals surface area contributed by atoms with E-state index in [0.29, 0.717) is 0 Å². The lowest BCUT2D eigenvalue weighted by molar-refractivity contribution is 0.405. The first-order chi connectivity index (χ1) is 9.56. The van der Waals surface area contributed by atoms with Gasteiger partial charge in [0, 0.05) is 5.56 Å². The largest absolute Gasteiger partial charge is 0.496 e. The topological polar surface area (TPSA) is 21.3 Å². The molecule has 0 spiro atoms. The lowest BCUT2D eigenvalue weighted by atomic mass is 9.96. The van der Waals surface area contributed by atoms with Crippen LogP contribution >= 0.6 is 11.6 Å². The fraction of sp³-hybridized carbons (Fsp3) is 0.250. The van der Waals surface area contributed by atoms with Crippen LogP contribution in [0.1, 0.15) is 22.7 Å². The molecule has 0 saturated heterocycles. The van der Waals surface area contributed by atoms with Crippen LogP contribution in [0.3, 0.4) is 0 Å². The summed E-state index contributed by atoms with van der Waals surface area (Å²) in [5.74, 6) is 0.348. The quantitative estimate of drug-likeness (QED) is 0.916. The van der Waals surface area contributed by atoms with Crippen molar-refractivity contribution >= 4 is 11.6 Å². The molecule has 0 fully saturated rings. The molecule has 0 amide bonds. The molecule has 1 atom stereocenters. The third-order valence-corrected chi connectivity index (χ3v) is 3.57. The number of ether oxygens (including phenoxy) is 1. The van der Waals surface area contributed by atoms with Crippen LogP contribution in [-0.2, 0) is 0 Å². The minimum atomic E-state index is -0.420. The van der Waals surface area contributed by atoms with Crippen LogP contribution in [0.5, 0.6) is 5.75 Å². The summed E-state index contributed by atoms with van der Waals surface area (Å²) in [6, 6.07) is 10.6. The number of methoxy groups -OCH3 is 1. The highest BCUT2D eigenvalue weighted by Gasteiger charge is 2.18. The summed E-state index contributed by atoms with van der Waals surface area (Å²) in [6.07, 6.45) is 0. The highest BCUT2D eigenvalue weighted by molar-refractivity contribution is 6.30. The lowest BCUT2D eigenvalue weighted by Gasteiger charge is -2.20. The number of aryl methyl sites for hydroxylation is 1. The van der Waals surface area contributed by atoms with Crippen molar-refractivity contribution in [3.63, 3.8) is 0 Å². The Morgan fingerprint density at radius 3 is 2.55 bits per heavy atom. The molecular formula is C16H17ClFNO. The fourth-order valence-electron chi connectivity index (χ4n) is 2.27. The van der Waals surface area contributed by atoms with Gasteiger partial charge in [-0.1, -0.05) is 35.4 Å². The predicted molar refractivity (Wildman–Crippen MR) is 80.0 cm³/mol. The van der Waals surface area contributed by atoms with E-state index in [-0.39, 0.29) is 11.1 Å². The van der Waals surface area contributed by atoms with Crippen molar-refractivity contribution in [3.8, 4) is 5.75 Å². The Morgan fingerprint density at radius 2 is 1.95 bits per heavy atom. The van der Waals surface area contributed by atoms with Gasteiger partial charge in [0.2, 0.25) is 0 Å². The van der Waals surface area contributed by atoms with E-state index in [0.717, 1.165) is 22.4 Å². The molecule has 20 heavy (non-hydrogen) atoms. The zero-order chi connectivity index (χ0) is 14.7. The van der Waals surface area contributed by atoms with Crippen molar-refractivity contribution in [1.82, 2.24) is 5.32 Å². The molecule has 2 nitrogen and oxygen atoms in total. The molecular weight excluding hydrogens is 277 g/mol. The highest BCUT2D eigenvalue weighted by Crippen LogP contribution is 2.31. The minimum absolute atomic E-state index is 0.125. The number of rotatable bonds is 4. The van der Waals surface area contributed by atoms with Crippen LogP contribution in [0.25, 0.3) is 0 Å². The molecule has 0 aliphatic carbocycles. The third-order valence-electron chi connectivity index (χ3n) is 3.26. The van der Waals surface area contributed by atoms with E-state index in [1.807, 2.05) is 38.2 Å². The first-order valence-electron chi connectivity index (χ1n) is 6.33. The van der Waals surface area contributed by atoms with E-state index in [2.05, 4.69) is 5.32 Å². The standard InChI is InChI=1S/C16H17ClFNO/c1-10-4-7-15(20-3)12(8-10)16(19-2)11-5-6-13(17)14(18)9-11/h4-9,16,19H,1-3H3. The molecule has 2 aromatic carbocycles. The zero-order valence-electron chi connectivity index (χ0n) is 11.7. The maximum absolute atomic E-state index is 13.7. The van der Waals surface area contributed by atoms with Gasteiger partial charge in [0.05, 0.1) is 18.2 Å². The summed E-state index contributed by atoms with van der Waals surface area (Å²) in [6.45, 7) is 2.01. The van der Waals surface area contributed by atoms with Gasteiger partial charge in [0.1, 0.15) is 11.6 Å². The van der Waals surface area contributed by atoms with E-state index < -0.39 is 5.82 Å². The van der Waals surface area contributed by atoms with Gasteiger partial charge in [0.25, 0.3) is 0 Å². The minimum Gasteiger partial charge on any atom is -0.496 e. The summed E-state index contributed by atoms with van der Waals surface area (Å²) in [7, 11) is 3.46. The second-order valence-electron chi connectivity index (χ2n) is 4.64. The van der Waals surface area contributed by atoms with Gasteiger partial charge in [-0.3, -0.25) is 0 Å². The maximum atomic E-state index is 13.7. The molecule has 2 aromatic rings.